The van der Waals surface area contributed by atoms with Gasteiger partial charge in [-0.2, -0.15) is 5.06 Å². The Morgan fingerprint density at radius 3 is 2.50 bits per heavy atom. The summed E-state index contributed by atoms with van der Waals surface area (Å²) in [6, 6.07) is 3.24. The van der Waals surface area contributed by atoms with Crippen molar-refractivity contribution in [3.8, 4) is 0 Å². The zero-order chi connectivity index (χ0) is 10.3. The van der Waals surface area contributed by atoms with Crippen molar-refractivity contribution in [2.24, 2.45) is 0 Å². The number of hydrogen-bond acceptors (Lipinski definition) is 6. The zero-order valence-corrected chi connectivity index (χ0v) is 7.51. The van der Waals surface area contributed by atoms with E-state index in [1.54, 1.807) is 12.1 Å². The first-order valence-corrected chi connectivity index (χ1v) is 4.16. The highest BCUT2D eigenvalue weighted by Gasteiger charge is 2.21. The summed E-state index contributed by atoms with van der Waals surface area (Å²) in [5.74, 6) is 0. The standard InChI is InChI=1S/C8H12N4O2/c9-6-1-5-3-11(13)4-12(14)8(5)2-7(6)10/h1-2,13-14H,3-4,9-10H2. The van der Waals surface area contributed by atoms with Gasteiger partial charge in [-0.1, -0.05) is 0 Å². The van der Waals surface area contributed by atoms with E-state index in [0.29, 0.717) is 23.6 Å². The molecule has 0 bridgehead atoms. The molecule has 1 aromatic rings. The molecule has 1 aliphatic rings. The molecule has 0 unspecified atom stereocenters. The van der Waals surface area contributed by atoms with Crippen LogP contribution in [0.25, 0.3) is 0 Å². The first-order valence-electron chi connectivity index (χ1n) is 4.16. The monoisotopic (exact) mass is 196 g/mol. The summed E-state index contributed by atoms with van der Waals surface area (Å²) in [5.41, 5.74) is 13.4. The molecule has 0 spiro atoms. The van der Waals surface area contributed by atoms with Gasteiger partial charge >= 0.3 is 0 Å². The van der Waals surface area contributed by atoms with Gasteiger partial charge in [0.15, 0.2) is 0 Å². The Morgan fingerprint density at radius 2 is 1.79 bits per heavy atom. The van der Waals surface area contributed by atoms with Gasteiger partial charge in [0.2, 0.25) is 0 Å². The molecule has 0 fully saturated rings. The molecule has 0 aromatic heterocycles. The molecule has 1 aliphatic heterocycles. The van der Waals surface area contributed by atoms with E-state index < -0.39 is 0 Å². The highest BCUT2D eigenvalue weighted by atomic mass is 16.5. The third kappa shape index (κ3) is 1.35. The summed E-state index contributed by atoms with van der Waals surface area (Å²) >= 11 is 0. The molecule has 14 heavy (non-hydrogen) atoms. The van der Waals surface area contributed by atoms with Gasteiger partial charge in [0.25, 0.3) is 0 Å². The van der Waals surface area contributed by atoms with Crippen LogP contribution in [0, 0.1) is 0 Å². The van der Waals surface area contributed by atoms with Crippen LogP contribution in [0.5, 0.6) is 0 Å². The fraction of sp³-hybridized carbons (Fsp3) is 0.250. The van der Waals surface area contributed by atoms with Gasteiger partial charge in [-0.3, -0.25) is 5.21 Å². The Kier molecular flexibility index (Phi) is 1.95. The average molecular weight is 196 g/mol. The van der Waals surface area contributed by atoms with Crippen LogP contribution in [-0.2, 0) is 6.54 Å². The maximum atomic E-state index is 9.48. The summed E-state index contributed by atoms with van der Waals surface area (Å²) in [6.45, 7) is 0.368. The van der Waals surface area contributed by atoms with Gasteiger partial charge in [-0.05, 0) is 17.7 Å². The quantitative estimate of drug-likeness (QED) is 0.443. The summed E-state index contributed by atoms with van der Waals surface area (Å²) in [5, 5.41) is 20.6. The van der Waals surface area contributed by atoms with Gasteiger partial charge < -0.3 is 16.7 Å². The Labute approximate surface area is 80.9 Å². The lowest BCUT2D eigenvalue weighted by Crippen LogP contribution is -2.38. The Hall–Kier alpha value is -1.50. The molecule has 0 amide bonds. The second kappa shape index (κ2) is 3.02. The largest absolute Gasteiger partial charge is 0.397 e. The van der Waals surface area contributed by atoms with E-state index >= 15 is 0 Å². The minimum absolute atomic E-state index is 0.0381. The van der Waals surface area contributed by atoms with E-state index in [2.05, 4.69) is 0 Å². The van der Waals surface area contributed by atoms with Gasteiger partial charge in [0, 0.05) is 0 Å². The van der Waals surface area contributed by atoms with E-state index in [1.165, 1.54) is 0 Å². The highest BCUT2D eigenvalue weighted by molar-refractivity contribution is 5.72. The summed E-state index contributed by atoms with van der Waals surface area (Å²) in [6.07, 6.45) is 0. The number of rotatable bonds is 0. The molecule has 0 saturated heterocycles. The topological polar surface area (TPSA) is 99.0 Å². The maximum Gasteiger partial charge on any atom is 0.121 e. The van der Waals surface area contributed by atoms with Gasteiger partial charge in [-0.15, -0.1) is 0 Å². The molecular formula is C8H12N4O2. The SMILES string of the molecule is Nc1cc2c(cc1N)N(O)CN(O)C2. The van der Waals surface area contributed by atoms with E-state index in [1.807, 2.05) is 0 Å². The number of nitrogen functional groups attached to an aromatic ring is 2. The average Bonchev–Trinajstić information content (AvgIpc) is 2.08. The third-order valence-corrected chi connectivity index (χ3v) is 2.21. The maximum absolute atomic E-state index is 9.48. The number of anilines is 3. The minimum atomic E-state index is 0.0381. The van der Waals surface area contributed by atoms with E-state index in [0.717, 1.165) is 15.7 Å². The van der Waals surface area contributed by atoms with Crippen molar-refractivity contribution in [1.82, 2.24) is 5.06 Å². The van der Waals surface area contributed by atoms with Crippen LogP contribution in [0.1, 0.15) is 5.56 Å². The van der Waals surface area contributed by atoms with Gasteiger partial charge in [-0.25, -0.2) is 5.06 Å². The molecule has 1 heterocycles. The van der Waals surface area contributed by atoms with Crippen LogP contribution in [0.15, 0.2) is 12.1 Å². The van der Waals surface area contributed by atoms with Crippen LogP contribution < -0.4 is 16.5 Å². The summed E-state index contributed by atoms with van der Waals surface area (Å²) in [7, 11) is 0. The molecule has 6 heteroatoms. The van der Waals surface area contributed by atoms with Crippen molar-refractivity contribution < 1.29 is 10.4 Å². The lowest BCUT2D eigenvalue weighted by Gasteiger charge is -2.30. The Balaban J connectivity index is 2.49. The number of hydroxylamine groups is 3. The number of nitrogens with zero attached hydrogens (tertiary/aromatic N) is 2. The Bertz CT molecular complexity index is 369. The van der Waals surface area contributed by atoms with Gasteiger partial charge in [0.05, 0.1) is 23.6 Å². The van der Waals surface area contributed by atoms with E-state index in [-0.39, 0.29) is 6.67 Å². The molecule has 1 aromatic carbocycles. The highest BCUT2D eigenvalue weighted by Crippen LogP contribution is 2.31. The number of nitrogens with two attached hydrogens (primary N) is 2. The molecule has 0 radical (unpaired) electrons. The second-order valence-electron chi connectivity index (χ2n) is 3.32. The third-order valence-electron chi connectivity index (χ3n) is 2.21. The normalized spacial score (nSPS) is 16.9. The molecule has 76 valence electrons. The molecule has 0 atom stereocenters. The lowest BCUT2D eigenvalue weighted by molar-refractivity contribution is -0.117. The van der Waals surface area contributed by atoms with Gasteiger partial charge in [0.1, 0.15) is 6.67 Å². The predicted octanol–water partition coefficient (Wildman–Crippen LogP) is 0.209. The van der Waals surface area contributed by atoms with Crippen molar-refractivity contribution >= 4 is 17.1 Å². The minimum Gasteiger partial charge on any atom is -0.397 e. The van der Waals surface area contributed by atoms with Crippen LogP contribution in [-0.4, -0.2) is 22.1 Å². The van der Waals surface area contributed by atoms with Crippen LogP contribution in [0.3, 0.4) is 0 Å². The first-order chi connectivity index (χ1) is 6.58. The fourth-order valence-corrected chi connectivity index (χ4v) is 1.51. The van der Waals surface area contributed by atoms with Crippen LogP contribution in [0.2, 0.25) is 0 Å². The summed E-state index contributed by atoms with van der Waals surface area (Å²) < 4.78 is 0. The number of benzene rings is 1. The molecule has 6 nitrogen and oxygen atoms in total. The molecule has 2 rings (SSSR count). The molecule has 0 aliphatic carbocycles. The fourth-order valence-electron chi connectivity index (χ4n) is 1.51. The van der Waals surface area contributed by atoms with E-state index in [4.69, 9.17) is 11.5 Å². The smallest absolute Gasteiger partial charge is 0.121 e. The number of fused-ring (bicyclic) bond motifs is 1. The predicted molar refractivity (Wildman–Crippen MR) is 51.7 cm³/mol. The molecule has 6 N–H and O–H groups in total. The number of hydrogen-bond donors (Lipinski definition) is 4. The lowest BCUT2D eigenvalue weighted by atomic mass is 10.1. The van der Waals surface area contributed by atoms with Crippen molar-refractivity contribution in [3.05, 3.63) is 17.7 Å². The van der Waals surface area contributed by atoms with E-state index in [9.17, 15) is 10.4 Å². The van der Waals surface area contributed by atoms with Crippen molar-refractivity contribution in [1.29, 1.82) is 0 Å². The van der Waals surface area contributed by atoms with Crippen molar-refractivity contribution in [2.45, 2.75) is 6.54 Å². The molecular weight excluding hydrogens is 184 g/mol. The Morgan fingerprint density at radius 1 is 1.14 bits per heavy atom. The summed E-state index contributed by atoms with van der Waals surface area (Å²) in [4.78, 5) is 0. The van der Waals surface area contributed by atoms with Crippen molar-refractivity contribution in [3.63, 3.8) is 0 Å². The van der Waals surface area contributed by atoms with Crippen LogP contribution in [0.4, 0.5) is 17.1 Å². The van der Waals surface area contributed by atoms with Crippen LogP contribution >= 0.6 is 0 Å². The second-order valence-corrected chi connectivity index (χ2v) is 3.32. The first kappa shape index (κ1) is 9.07. The molecule has 0 saturated carbocycles. The van der Waals surface area contributed by atoms with Crippen molar-refractivity contribution in [2.75, 3.05) is 23.2 Å². The zero-order valence-electron chi connectivity index (χ0n) is 7.51.